The zero-order valence-corrected chi connectivity index (χ0v) is 8.36. The lowest BCUT2D eigenvalue weighted by Crippen LogP contribution is -2.32. The number of amides is 1. The molecule has 0 spiro atoms. The number of carbonyl (C=O) groups excluding carboxylic acids is 1. The van der Waals surface area contributed by atoms with Crippen molar-refractivity contribution in [2.45, 2.75) is 12.8 Å². The van der Waals surface area contributed by atoms with E-state index in [-0.39, 0.29) is 11.8 Å². The molecule has 3 N–H and O–H groups in total. The highest BCUT2D eigenvalue weighted by Gasteiger charge is 2.13. The summed E-state index contributed by atoms with van der Waals surface area (Å²) >= 11 is 0. The largest absolute Gasteiger partial charge is 0.354 e. The molecule has 0 aromatic heterocycles. The molecule has 0 radical (unpaired) electrons. The van der Waals surface area contributed by atoms with Crippen molar-refractivity contribution in [2.75, 3.05) is 13.1 Å². The SMILES string of the molecule is CC(C(=O)NCCN)c1ccccc1. The molecule has 1 atom stereocenters. The van der Waals surface area contributed by atoms with Crippen LogP contribution in [0.1, 0.15) is 18.4 Å². The first kappa shape index (κ1) is 10.7. The predicted molar refractivity (Wildman–Crippen MR) is 56.9 cm³/mol. The summed E-state index contributed by atoms with van der Waals surface area (Å²) in [6, 6.07) is 9.71. The van der Waals surface area contributed by atoms with Gasteiger partial charge in [0.25, 0.3) is 0 Å². The van der Waals surface area contributed by atoms with E-state index >= 15 is 0 Å². The first-order valence-electron chi connectivity index (χ1n) is 4.78. The van der Waals surface area contributed by atoms with Crippen molar-refractivity contribution >= 4 is 5.91 Å². The van der Waals surface area contributed by atoms with Crippen molar-refractivity contribution in [1.82, 2.24) is 5.32 Å². The van der Waals surface area contributed by atoms with E-state index in [2.05, 4.69) is 5.32 Å². The minimum absolute atomic E-state index is 0.0293. The molecular weight excluding hydrogens is 176 g/mol. The van der Waals surface area contributed by atoms with E-state index in [9.17, 15) is 4.79 Å². The van der Waals surface area contributed by atoms with Crippen LogP contribution in [0.5, 0.6) is 0 Å². The zero-order chi connectivity index (χ0) is 10.4. The van der Waals surface area contributed by atoms with Gasteiger partial charge < -0.3 is 11.1 Å². The van der Waals surface area contributed by atoms with Crippen LogP contribution in [-0.2, 0) is 4.79 Å². The van der Waals surface area contributed by atoms with Gasteiger partial charge in [0.1, 0.15) is 0 Å². The topological polar surface area (TPSA) is 55.1 Å². The van der Waals surface area contributed by atoms with Crippen LogP contribution in [0, 0.1) is 0 Å². The van der Waals surface area contributed by atoms with Gasteiger partial charge in [-0.3, -0.25) is 4.79 Å². The minimum atomic E-state index is -0.109. The van der Waals surface area contributed by atoms with Gasteiger partial charge in [-0.1, -0.05) is 30.3 Å². The van der Waals surface area contributed by atoms with Crippen molar-refractivity contribution in [1.29, 1.82) is 0 Å². The highest BCUT2D eigenvalue weighted by molar-refractivity contribution is 5.83. The van der Waals surface area contributed by atoms with Crippen molar-refractivity contribution in [3.63, 3.8) is 0 Å². The van der Waals surface area contributed by atoms with E-state index < -0.39 is 0 Å². The van der Waals surface area contributed by atoms with Gasteiger partial charge in [0.05, 0.1) is 5.92 Å². The fourth-order valence-corrected chi connectivity index (χ4v) is 1.24. The van der Waals surface area contributed by atoms with Crippen molar-refractivity contribution in [3.8, 4) is 0 Å². The number of hydrogen-bond acceptors (Lipinski definition) is 2. The van der Waals surface area contributed by atoms with Crippen LogP contribution in [0.3, 0.4) is 0 Å². The monoisotopic (exact) mass is 192 g/mol. The summed E-state index contributed by atoms with van der Waals surface area (Å²) < 4.78 is 0. The number of nitrogens with one attached hydrogen (secondary N) is 1. The zero-order valence-electron chi connectivity index (χ0n) is 8.36. The predicted octanol–water partition coefficient (Wildman–Crippen LogP) is 0.865. The van der Waals surface area contributed by atoms with Crippen molar-refractivity contribution in [3.05, 3.63) is 35.9 Å². The van der Waals surface area contributed by atoms with E-state index in [1.54, 1.807) is 0 Å². The fourth-order valence-electron chi connectivity index (χ4n) is 1.24. The molecule has 0 aliphatic rings. The maximum absolute atomic E-state index is 11.5. The molecule has 0 heterocycles. The summed E-state index contributed by atoms with van der Waals surface area (Å²) in [4.78, 5) is 11.5. The maximum atomic E-state index is 11.5. The second kappa shape index (κ2) is 5.40. The molecule has 0 fully saturated rings. The molecule has 3 nitrogen and oxygen atoms in total. The van der Waals surface area contributed by atoms with Crippen LogP contribution in [0.15, 0.2) is 30.3 Å². The van der Waals surface area contributed by atoms with Crippen LogP contribution in [0.4, 0.5) is 0 Å². The lowest BCUT2D eigenvalue weighted by Gasteiger charge is -2.11. The number of nitrogens with two attached hydrogens (primary N) is 1. The van der Waals surface area contributed by atoms with Crippen LogP contribution in [0.2, 0.25) is 0 Å². The lowest BCUT2D eigenvalue weighted by molar-refractivity contribution is -0.122. The number of rotatable bonds is 4. The third-order valence-corrected chi connectivity index (χ3v) is 2.14. The van der Waals surface area contributed by atoms with Crippen LogP contribution < -0.4 is 11.1 Å². The van der Waals surface area contributed by atoms with E-state index in [1.165, 1.54) is 0 Å². The number of benzene rings is 1. The normalized spacial score (nSPS) is 12.1. The average Bonchev–Trinajstić information content (AvgIpc) is 2.26. The van der Waals surface area contributed by atoms with E-state index in [0.717, 1.165) is 5.56 Å². The Morgan fingerprint density at radius 3 is 2.64 bits per heavy atom. The summed E-state index contributed by atoms with van der Waals surface area (Å²) in [5.41, 5.74) is 6.33. The maximum Gasteiger partial charge on any atom is 0.227 e. The van der Waals surface area contributed by atoms with Crippen LogP contribution >= 0.6 is 0 Å². The van der Waals surface area contributed by atoms with Gasteiger partial charge in [0, 0.05) is 13.1 Å². The highest BCUT2D eigenvalue weighted by Crippen LogP contribution is 2.13. The van der Waals surface area contributed by atoms with Gasteiger partial charge in [0.2, 0.25) is 5.91 Å². The van der Waals surface area contributed by atoms with Gasteiger partial charge in [0.15, 0.2) is 0 Å². The van der Waals surface area contributed by atoms with Gasteiger partial charge in [-0.25, -0.2) is 0 Å². The lowest BCUT2D eigenvalue weighted by atomic mass is 10.0. The summed E-state index contributed by atoms with van der Waals surface area (Å²) in [5.74, 6) is -0.0793. The molecule has 0 aliphatic heterocycles. The molecule has 1 aromatic carbocycles. The van der Waals surface area contributed by atoms with E-state index in [4.69, 9.17) is 5.73 Å². The Kier molecular flexibility index (Phi) is 4.13. The molecule has 76 valence electrons. The number of carbonyl (C=O) groups is 1. The Hall–Kier alpha value is -1.35. The smallest absolute Gasteiger partial charge is 0.227 e. The first-order chi connectivity index (χ1) is 6.75. The number of hydrogen-bond donors (Lipinski definition) is 2. The molecule has 1 aromatic rings. The van der Waals surface area contributed by atoms with Crippen LogP contribution in [0.25, 0.3) is 0 Å². The fraction of sp³-hybridized carbons (Fsp3) is 0.364. The second-order valence-corrected chi connectivity index (χ2v) is 3.21. The molecule has 3 heteroatoms. The molecule has 0 saturated heterocycles. The first-order valence-corrected chi connectivity index (χ1v) is 4.78. The van der Waals surface area contributed by atoms with Gasteiger partial charge in [-0.15, -0.1) is 0 Å². The third kappa shape index (κ3) is 2.85. The van der Waals surface area contributed by atoms with Gasteiger partial charge >= 0.3 is 0 Å². The molecule has 0 saturated carbocycles. The van der Waals surface area contributed by atoms with Crippen molar-refractivity contribution < 1.29 is 4.79 Å². The van der Waals surface area contributed by atoms with E-state index in [1.807, 2.05) is 37.3 Å². The summed E-state index contributed by atoms with van der Waals surface area (Å²) in [6.07, 6.45) is 0. The molecule has 1 unspecified atom stereocenters. The Morgan fingerprint density at radius 2 is 2.07 bits per heavy atom. The quantitative estimate of drug-likeness (QED) is 0.743. The molecule has 14 heavy (non-hydrogen) atoms. The third-order valence-electron chi connectivity index (χ3n) is 2.14. The minimum Gasteiger partial charge on any atom is -0.354 e. The molecule has 0 aliphatic carbocycles. The summed E-state index contributed by atoms with van der Waals surface area (Å²) in [7, 11) is 0. The Labute approximate surface area is 84.3 Å². The molecule has 1 rings (SSSR count). The standard InChI is InChI=1S/C11H16N2O/c1-9(11(14)13-8-7-12)10-5-3-2-4-6-10/h2-6,9H,7-8,12H2,1H3,(H,13,14). The van der Waals surface area contributed by atoms with Crippen LogP contribution in [-0.4, -0.2) is 19.0 Å². The van der Waals surface area contributed by atoms with Gasteiger partial charge in [-0.2, -0.15) is 0 Å². The molecule has 0 bridgehead atoms. The Morgan fingerprint density at radius 1 is 1.43 bits per heavy atom. The Balaban J connectivity index is 2.57. The van der Waals surface area contributed by atoms with Crippen molar-refractivity contribution in [2.24, 2.45) is 5.73 Å². The molecule has 1 amide bonds. The second-order valence-electron chi connectivity index (χ2n) is 3.21. The Bertz CT molecular complexity index is 285. The molecular formula is C11H16N2O. The summed E-state index contributed by atoms with van der Waals surface area (Å²) in [5, 5.41) is 2.77. The van der Waals surface area contributed by atoms with E-state index in [0.29, 0.717) is 13.1 Å². The average molecular weight is 192 g/mol. The summed E-state index contributed by atoms with van der Waals surface area (Å²) in [6.45, 7) is 2.91. The highest BCUT2D eigenvalue weighted by atomic mass is 16.1. The van der Waals surface area contributed by atoms with Gasteiger partial charge in [-0.05, 0) is 12.5 Å².